The number of hydrogen-bond acceptors (Lipinski definition) is 2. The zero-order valence-electron chi connectivity index (χ0n) is 7.66. The van der Waals surface area contributed by atoms with Gasteiger partial charge in [-0.25, -0.2) is 8.42 Å². The molecule has 0 amide bonds. The van der Waals surface area contributed by atoms with Crippen molar-refractivity contribution in [1.82, 2.24) is 0 Å². The molecule has 72 valence electrons. The number of aryl methyl sites for hydroxylation is 1. The van der Waals surface area contributed by atoms with Gasteiger partial charge in [0.1, 0.15) is 10.0 Å². The summed E-state index contributed by atoms with van der Waals surface area (Å²) in [6.45, 7) is 1.81. The van der Waals surface area contributed by atoms with Gasteiger partial charge in [-0.15, -0.1) is 0 Å². The van der Waals surface area contributed by atoms with Gasteiger partial charge in [0.2, 0.25) is 0 Å². The Morgan fingerprint density at radius 3 is 2.36 bits per heavy atom. The molecule has 0 unspecified atom stereocenters. The third kappa shape index (κ3) is 3.38. The van der Waals surface area contributed by atoms with Crippen LogP contribution >= 0.6 is 23.4 Å². The van der Waals surface area contributed by atoms with Gasteiger partial charge in [-0.1, -0.05) is 17.7 Å². The molecule has 0 heterocycles. The first-order chi connectivity index (χ1) is 5.97. The molecule has 0 saturated heterocycles. The molecule has 0 bridgehead atoms. The van der Waals surface area contributed by atoms with E-state index in [1.54, 1.807) is 13.0 Å². The summed E-state index contributed by atoms with van der Waals surface area (Å²) in [6.07, 6.45) is 0. The van der Waals surface area contributed by atoms with Gasteiger partial charge in [0, 0.05) is 0 Å². The van der Waals surface area contributed by atoms with Crippen LogP contribution in [0.3, 0.4) is 0 Å². The van der Waals surface area contributed by atoms with Crippen LogP contribution in [0.25, 0.3) is 4.24 Å². The Labute approximate surface area is 115 Å². The molecule has 0 aliphatic carbocycles. The molecular formula is C7H6Cl2NNaO2S. The van der Waals surface area contributed by atoms with Crippen LogP contribution in [0.5, 0.6) is 0 Å². The van der Waals surface area contributed by atoms with E-state index in [0.717, 1.165) is 5.56 Å². The number of rotatable bonds is 2. The summed E-state index contributed by atoms with van der Waals surface area (Å²) in [5, 5.41) is 0.129. The molecule has 1 rings (SSSR count). The van der Waals surface area contributed by atoms with Crippen LogP contribution in [0, 0.1) is 6.92 Å². The summed E-state index contributed by atoms with van der Waals surface area (Å²) < 4.78 is 25.0. The second-order valence-electron chi connectivity index (χ2n) is 2.48. The van der Waals surface area contributed by atoms with Crippen molar-refractivity contribution in [2.45, 2.75) is 11.8 Å². The van der Waals surface area contributed by atoms with E-state index in [1.165, 1.54) is 12.1 Å². The molecule has 0 fully saturated rings. The Balaban J connectivity index is 0.00000169. The maximum Gasteiger partial charge on any atom is 1.00 e. The van der Waals surface area contributed by atoms with E-state index in [0.29, 0.717) is 0 Å². The number of benzene rings is 1. The Hall–Kier alpha value is 0.710. The summed E-state index contributed by atoms with van der Waals surface area (Å²) in [6, 6.07) is 4.54. The summed E-state index contributed by atoms with van der Waals surface area (Å²) in [5.74, 6) is 0. The Morgan fingerprint density at radius 1 is 1.36 bits per heavy atom. The van der Waals surface area contributed by atoms with Gasteiger partial charge >= 0.3 is 29.6 Å². The number of halogens is 2. The van der Waals surface area contributed by atoms with Gasteiger partial charge in [0.05, 0.1) is 9.92 Å². The average molecular weight is 262 g/mol. The normalized spacial score (nSPS) is 10.8. The molecule has 0 spiro atoms. The molecule has 14 heavy (non-hydrogen) atoms. The fourth-order valence-corrected chi connectivity index (χ4v) is 2.22. The van der Waals surface area contributed by atoms with Crippen molar-refractivity contribution in [3.63, 3.8) is 0 Å². The van der Waals surface area contributed by atoms with Crippen molar-refractivity contribution in [3.8, 4) is 0 Å². The van der Waals surface area contributed by atoms with E-state index < -0.39 is 10.0 Å². The number of hydrogen-bond donors (Lipinski definition) is 0. The van der Waals surface area contributed by atoms with Crippen LogP contribution in [0.2, 0.25) is 5.02 Å². The van der Waals surface area contributed by atoms with Crippen molar-refractivity contribution >= 4 is 33.4 Å². The Morgan fingerprint density at radius 2 is 1.93 bits per heavy atom. The van der Waals surface area contributed by atoms with Crippen molar-refractivity contribution in [2.24, 2.45) is 0 Å². The predicted molar refractivity (Wildman–Crippen MR) is 52.6 cm³/mol. The van der Waals surface area contributed by atoms with Crippen molar-refractivity contribution in [2.75, 3.05) is 0 Å². The van der Waals surface area contributed by atoms with Gasteiger partial charge in [0.25, 0.3) is 0 Å². The van der Waals surface area contributed by atoms with E-state index in [9.17, 15) is 8.42 Å². The fourth-order valence-electron chi connectivity index (χ4n) is 0.852. The Bertz CT molecular complexity index is 422. The molecule has 0 aliphatic rings. The third-order valence-corrected chi connectivity index (χ3v) is 3.52. The summed E-state index contributed by atoms with van der Waals surface area (Å²) in [4.78, 5) is -0.0743. The maximum absolute atomic E-state index is 11.2. The second kappa shape index (κ2) is 5.70. The molecular weight excluding hydrogens is 256 g/mol. The number of nitrogens with zero attached hydrogens (tertiary/aromatic N) is 1. The standard InChI is InChI=1S/C7H6Cl2NO2S.Na/c1-5-2-3-7(6(8)4-5)13(11,12)10-9;/h2-4H,1H3;/q-1;+1. The quantitative estimate of drug-likeness (QED) is 0.697. The van der Waals surface area contributed by atoms with Crippen LogP contribution < -0.4 is 29.6 Å². The van der Waals surface area contributed by atoms with E-state index >= 15 is 0 Å². The van der Waals surface area contributed by atoms with E-state index in [2.05, 4.69) is 4.24 Å². The molecule has 3 nitrogen and oxygen atoms in total. The molecule has 0 atom stereocenters. The minimum absolute atomic E-state index is 0. The largest absolute Gasteiger partial charge is 1.00 e. The first-order valence-electron chi connectivity index (χ1n) is 3.32. The van der Waals surface area contributed by atoms with Crippen LogP contribution in [-0.2, 0) is 10.0 Å². The van der Waals surface area contributed by atoms with Crippen LogP contribution in [-0.4, -0.2) is 8.42 Å². The van der Waals surface area contributed by atoms with Crippen molar-refractivity contribution in [3.05, 3.63) is 33.0 Å². The van der Waals surface area contributed by atoms with Gasteiger partial charge in [-0.3, -0.25) is 11.8 Å². The summed E-state index contributed by atoms with van der Waals surface area (Å²) in [5.41, 5.74) is 0.874. The maximum atomic E-state index is 11.2. The SMILES string of the molecule is Cc1ccc(S(=O)(=O)[N-]Cl)c(Cl)c1.[Na+]. The fraction of sp³-hybridized carbons (Fsp3) is 0.143. The second-order valence-corrected chi connectivity index (χ2v) is 4.83. The monoisotopic (exact) mass is 261 g/mol. The molecule has 0 N–H and O–H groups in total. The van der Waals surface area contributed by atoms with Crippen molar-refractivity contribution in [1.29, 1.82) is 0 Å². The van der Waals surface area contributed by atoms with Crippen LogP contribution in [0.4, 0.5) is 0 Å². The average Bonchev–Trinajstić information content (AvgIpc) is 2.03. The zero-order valence-corrected chi connectivity index (χ0v) is 12.0. The molecule has 7 heteroatoms. The molecule has 1 aromatic carbocycles. The molecule has 0 aliphatic heterocycles. The Kier molecular flexibility index (Phi) is 5.99. The summed E-state index contributed by atoms with van der Waals surface area (Å²) in [7, 11) is -3.79. The van der Waals surface area contributed by atoms with Gasteiger partial charge in [-0.05, 0) is 24.6 Å². The predicted octanol–water partition coefficient (Wildman–Crippen LogP) is -0.131. The topological polar surface area (TPSA) is 48.2 Å². The van der Waals surface area contributed by atoms with E-state index in [-0.39, 0.29) is 39.5 Å². The first-order valence-corrected chi connectivity index (χ1v) is 5.47. The minimum atomic E-state index is -3.79. The molecule has 1 aromatic rings. The minimum Gasteiger partial charge on any atom is -0.458 e. The van der Waals surface area contributed by atoms with Crippen LogP contribution in [0.15, 0.2) is 23.1 Å². The van der Waals surface area contributed by atoms with Crippen LogP contribution in [0.1, 0.15) is 5.56 Å². The molecule has 0 aromatic heterocycles. The summed E-state index contributed by atoms with van der Waals surface area (Å²) >= 11 is 10.6. The van der Waals surface area contributed by atoms with Crippen molar-refractivity contribution < 1.29 is 38.0 Å². The van der Waals surface area contributed by atoms with Gasteiger partial charge in [-0.2, -0.15) is 0 Å². The van der Waals surface area contributed by atoms with E-state index in [1.807, 2.05) is 0 Å². The van der Waals surface area contributed by atoms with Gasteiger partial charge < -0.3 is 4.24 Å². The van der Waals surface area contributed by atoms with Gasteiger partial charge in [0.15, 0.2) is 0 Å². The first kappa shape index (κ1) is 14.7. The van der Waals surface area contributed by atoms with E-state index in [4.69, 9.17) is 23.4 Å². The molecule has 0 saturated carbocycles. The smallest absolute Gasteiger partial charge is 0.458 e. The number of sulfonamides is 1. The molecule has 0 radical (unpaired) electrons. The zero-order chi connectivity index (χ0) is 10.1. The third-order valence-electron chi connectivity index (χ3n) is 1.46.